The highest BCUT2D eigenvalue weighted by Crippen LogP contribution is 2.25. The number of rotatable bonds is 6. The summed E-state index contributed by atoms with van der Waals surface area (Å²) in [6.07, 6.45) is 0.439. The van der Waals surface area contributed by atoms with Crippen molar-refractivity contribution in [1.29, 1.82) is 0 Å². The Morgan fingerprint density at radius 2 is 1.85 bits per heavy atom. The number of benzene rings is 1. The Bertz CT molecular complexity index is 1250. The summed E-state index contributed by atoms with van der Waals surface area (Å²) in [5.41, 5.74) is -0.806. The van der Waals surface area contributed by atoms with Crippen molar-refractivity contribution in [1.82, 2.24) is 5.32 Å². The lowest BCUT2D eigenvalue weighted by Crippen LogP contribution is -2.36. The number of ether oxygens (including phenoxy) is 3. The predicted molar refractivity (Wildman–Crippen MR) is 116 cm³/mol. The van der Waals surface area contributed by atoms with Gasteiger partial charge in [0, 0.05) is 6.07 Å². The molecular weight excluding hydrogens is 434 g/mol. The topological polar surface area (TPSA) is 134 Å². The highest BCUT2D eigenvalue weighted by Gasteiger charge is 2.19. The minimum absolute atomic E-state index is 0.0337. The summed E-state index contributed by atoms with van der Waals surface area (Å²) >= 11 is 0. The largest absolute Gasteiger partial charge is 0.463 e. The van der Waals surface area contributed by atoms with Gasteiger partial charge in [-0.15, -0.1) is 0 Å². The molecule has 0 aliphatic heterocycles. The van der Waals surface area contributed by atoms with E-state index in [4.69, 9.17) is 23.0 Å². The van der Waals surface area contributed by atoms with Crippen LogP contribution in [0.3, 0.4) is 0 Å². The average molecular weight is 457 g/mol. The monoisotopic (exact) mass is 457 g/mol. The third-order valence-electron chi connectivity index (χ3n) is 4.10. The summed E-state index contributed by atoms with van der Waals surface area (Å²) in [5.74, 6) is -1.13. The van der Waals surface area contributed by atoms with Crippen LogP contribution in [0.1, 0.15) is 38.2 Å². The van der Waals surface area contributed by atoms with Gasteiger partial charge in [-0.25, -0.2) is 14.4 Å². The maximum absolute atomic E-state index is 12.9. The van der Waals surface area contributed by atoms with Gasteiger partial charge in [-0.05, 0) is 52.0 Å². The highest BCUT2D eigenvalue weighted by molar-refractivity contribution is 5.88. The first kappa shape index (κ1) is 23.6. The van der Waals surface area contributed by atoms with Gasteiger partial charge in [0.2, 0.25) is 11.2 Å². The van der Waals surface area contributed by atoms with Gasteiger partial charge in [-0.2, -0.15) is 0 Å². The van der Waals surface area contributed by atoms with Gasteiger partial charge in [0.15, 0.2) is 0 Å². The van der Waals surface area contributed by atoms with Crippen LogP contribution in [-0.2, 0) is 14.3 Å². The second-order valence-corrected chi connectivity index (χ2v) is 7.85. The Hall–Kier alpha value is -4.08. The van der Waals surface area contributed by atoms with Gasteiger partial charge in [0.1, 0.15) is 41.1 Å². The van der Waals surface area contributed by atoms with Crippen molar-refractivity contribution < 1.29 is 37.4 Å². The van der Waals surface area contributed by atoms with E-state index in [2.05, 4.69) is 5.32 Å². The van der Waals surface area contributed by atoms with Gasteiger partial charge in [-0.3, -0.25) is 4.79 Å². The summed E-state index contributed by atoms with van der Waals surface area (Å²) in [4.78, 5) is 48.2. The van der Waals surface area contributed by atoms with Gasteiger partial charge in [0.05, 0.1) is 12.0 Å². The van der Waals surface area contributed by atoms with E-state index in [0.29, 0.717) is 0 Å². The molecule has 174 valence electrons. The summed E-state index contributed by atoms with van der Waals surface area (Å²) < 4.78 is 26.0. The van der Waals surface area contributed by atoms with Crippen LogP contribution in [0, 0.1) is 0 Å². The van der Waals surface area contributed by atoms with E-state index < -0.39 is 35.6 Å². The molecule has 0 saturated heterocycles. The SMILES string of the molecule is CCOC(=O)c1ccc(-c2coc3cc(OC(=O)CNC(=O)OC(C)(C)C)ccc3c2=O)o1. The first-order chi connectivity index (χ1) is 15.6. The number of furan rings is 1. The van der Waals surface area contributed by atoms with Crippen LogP contribution < -0.4 is 15.5 Å². The molecule has 10 nitrogen and oxygen atoms in total. The fourth-order valence-electron chi connectivity index (χ4n) is 2.76. The smallest absolute Gasteiger partial charge is 0.408 e. The molecule has 0 saturated carbocycles. The molecule has 3 rings (SSSR count). The second kappa shape index (κ2) is 9.60. The van der Waals surface area contributed by atoms with E-state index in [1.807, 2.05) is 0 Å². The molecule has 3 aromatic rings. The average Bonchev–Trinajstić information content (AvgIpc) is 3.21. The van der Waals surface area contributed by atoms with Crippen LogP contribution in [0.25, 0.3) is 22.3 Å². The Kier molecular flexibility index (Phi) is 6.86. The Balaban J connectivity index is 1.72. The first-order valence-electron chi connectivity index (χ1n) is 10.1. The molecule has 0 aliphatic rings. The number of amides is 1. The van der Waals surface area contributed by atoms with Gasteiger partial charge < -0.3 is 28.4 Å². The molecule has 0 spiro atoms. The van der Waals surface area contributed by atoms with E-state index in [-0.39, 0.29) is 40.4 Å². The molecule has 0 radical (unpaired) electrons. The highest BCUT2D eigenvalue weighted by atomic mass is 16.6. The van der Waals surface area contributed by atoms with Gasteiger partial charge in [0.25, 0.3) is 0 Å². The molecule has 0 atom stereocenters. The minimum Gasteiger partial charge on any atom is -0.463 e. The number of carbonyl (C=O) groups excluding carboxylic acids is 3. The molecule has 0 aliphatic carbocycles. The maximum Gasteiger partial charge on any atom is 0.408 e. The normalized spacial score (nSPS) is 11.2. The van der Waals surface area contributed by atoms with Crippen molar-refractivity contribution in [3.8, 4) is 17.1 Å². The molecular formula is C23H23NO9. The lowest BCUT2D eigenvalue weighted by atomic mass is 10.1. The zero-order valence-electron chi connectivity index (χ0n) is 18.6. The number of fused-ring (bicyclic) bond motifs is 1. The van der Waals surface area contributed by atoms with E-state index in [9.17, 15) is 19.2 Å². The van der Waals surface area contributed by atoms with E-state index in [0.717, 1.165) is 0 Å². The van der Waals surface area contributed by atoms with Crippen molar-refractivity contribution >= 4 is 29.0 Å². The zero-order valence-corrected chi connectivity index (χ0v) is 18.6. The standard InChI is InChI=1S/C23H23NO9/c1-5-29-21(27)17-9-8-16(32-17)15-12-30-18-10-13(6-7-14(18)20(15)26)31-19(25)11-24-22(28)33-23(2,3)4/h6-10,12H,5,11H2,1-4H3,(H,24,28). The van der Waals surface area contributed by atoms with Crippen LogP contribution in [0.15, 0.2) is 50.2 Å². The fourth-order valence-corrected chi connectivity index (χ4v) is 2.76. The van der Waals surface area contributed by atoms with E-state index >= 15 is 0 Å². The Morgan fingerprint density at radius 1 is 1.09 bits per heavy atom. The van der Waals surface area contributed by atoms with Gasteiger partial charge in [-0.1, -0.05) is 0 Å². The third kappa shape index (κ3) is 6.00. The number of alkyl carbamates (subject to hydrolysis) is 1. The lowest BCUT2D eigenvalue weighted by Gasteiger charge is -2.19. The minimum atomic E-state index is -0.750. The fraction of sp³-hybridized carbons (Fsp3) is 0.304. The Labute approximate surface area is 188 Å². The number of hydrogen-bond acceptors (Lipinski definition) is 9. The molecule has 1 amide bonds. The summed E-state index contributed by atoms with van der Waals surface area (Å²) in [5, 5.41) is 2.51. The molecule has 0 fully saturated rings. The van der Waals surface area contributed by atoms with Crippen LogP contribution in [-0.4, -0.2) is 36.8 Å². The number of nitrogens with one attached hydrogen (secondary N) is 1. The molecule has 0 unspecified atom stereocenters. The lowest BCUT2D eigenvalue weighted by molar-refractivity contribution is -0.133. The molecule has 0 bridgehead atoms. The number of hydrogen-bond donors (Lipinski definition) is 1. The van der Waals surface area contributed by atoms with E-state index in [1.165, 1.54) is 36.6 Å². The van der Waals surface area contributed by atoms with Crippen LogP contribution in [0.4, 0.5) is 4.79 Å². The van der Waals surface area contributed by atoms with Crippen molar-refractivity contribution in [2.45, 2.75) is 33.3 Å². The molecule has 33 heavy (non-hydrogen) atoms. The molecule has 2 heterocycles. The van der Waals surface area contributed by atoms with Crippen LogP contribution in [0.2, 0.25) is 0 Å². The number of carbonyl (C=O) groups is 3. The van der Waals surface area contributed by atoms with Crippen molar-refractivity contribution in [2.24, 2.45) is 0 Å². The first-order valence-corrected chi connectivity index (χ1v) is 10.1. The van der Waals surface area contributed by atoms with Crippen molar-refractivity contribution in [3.63, 3.8) is 0 Å². The second-order valence-electron chi connectivity index (χ2n) is 7.85. The zero-order chi connectivity index (χ0) is 24.2. The molecule has 10 heteroatoms. The number of esters is 2. The van der Waals surface area contributed by atoms with Gasteiger partial charge >= 0.3 is 18.0 Å². The molecule has 1 N–H and O–H groups in total. The predicted octanol–water partition coefficient (Wildman–Crippen LogP) is 3.66. The Morgan fingerprint density at radius 3 is 2.55 bits per heavy atom. The quantitative estimate of drug-likeness (QED) is 0.434. The molecule has 2 aromatic heterocycles. The summed E-state index contributed by atoms with van der Waals surface area (Å²) in [7, 11) is 0. The molecule has 1 aromatic carbocycles. The summed E-state index contributed by atoms with van der Waals surface area (Å²) in [6, 6.07) is 7.10. The van der Waals surface area contributed by atoms with Crippen molar-refractivity contribution in [3.05, 3.63) is 52.6 Å². The third-order valence-corrected chi connectivity index (χ3v) is 4.10. The van der Waals surface area contributed by atoms with E-state index in [1.54, 1.807) is 27.7 Å². The maximum atomic E-state index is 12.9. The van der Waals surface area contributed by atoms with Crippen molar-refractivity contribution in [2.75, 3.05) is 13.2 Å². The van der Waals surface area contributed by atoms with Crippen LogP contribution >= 0.6 is 0 Å². The summed E-state index contributed by atoms with van der Waals surface area (Å²) in [6.45, 7) is 6.55. The van der Waals surface area contributed by atoms with Crippen LogP contribution in [0.5, 0.6) is 5.75 Å².